The van der Waals surface area contributed by atoms with Crippen molar-refractivity contribution in [3.05, 3.63) is 51.7 Å². The highest BCUT2D eigenvalue weighted by atomic mass is 35.5. The normalized spacial score (nSPS) is 13.7. The van der Waals surface area contributed by atoms with Crippen LogP contribution >= 0.6 is 22.9 Å². The summed E-state index contributed by atoms with van der Waals surface area (Å²) in [5.41, 5.74) is 0.797. The highest BCUT2D eigenvalue weighted by Gasteiger charge is 2.24. The van der Waals surface area contributed by atoms with Crippen molar-refractivity contribution in [2.24, 2.45) is 0 Å². The van der Waals surface area contributed by atoms with E-state index in [1.165, 1.54) is 11.3 Å². The molecule has 2 atom stereocenters. The van der Waals surface area contributed by atoms with Gasteiger partial charge >= 0.3 is 0 Å². The molecule has 0 N–H and O–H groups in total. The summed E-state index contributed by atoms with van der Waals surface area (Å²) in [6.45, 7) is 1.70. The van der Waals surface area contributed by atoms with Gasteiger partial charge in [-0.25, -0.2) is 0 Å². The number of rotatable bonds is 5. The fourth-order valence-corrected chi connectivity index (χ4v) is 4.34. The van der Waals surface area contributed by atoms with E-state index < -0.39 is 16.0 Å². The molecule has 2 rings (SSSR count). The Labute approximate surface area is 136 Å². The van der Waals surface area contributed by atoms with Gasteiger partial charge in [0.2, 0.25) is 5.91 Å². The van der Waals surface area contributed by atoms with Crippen molar-refractivity contribution in [1.82, 2.24) is 0 Å². The number of carbonyl (C=O) groups excluding carboxylic acids is 1. The van der Waals surface area contributed by atoms with Crippen molar-refractivity contribution in [3.8, 4) is 0 Å². The van der Waals surface area contributed by atoms with Gasteiger partial charge in [0.15, 0.2) is 0 Å². The molecule has 112 valence electrons. The van der Waals surface area contributed by atoms with Crippen LogP contribution in [0.15, 0.2) is 42.5 Å². The van der Waals surface area contributed by atoms with Gasteiger partial charge in [-0.1, -0.05) is 29.8 Å². The Kier molecular flexibility index (Phi) is 5.56. The summed E-state index contributed by atoms with van der Waals surface area (Å²) in [6.07, 6.45) is 0. The molecule has 1 amide bonds. The molecular weight excluding hydrogens is 326 g/mol. The Morgan fingerprint density at radius 1 is 1.29 bits per heavy atom. The summed E-state index contributed by atoms with van der Waals surface area (Å²) >= 11 is 7.26. The smallest absolute Gasteiger partial charge is 0.242 e. The van der Waals surface area contributed by atoms with Crippen molar-refractivity contribution >= 4 is 45.3 Å². The molecule has 1 aromatic heterocycles. The molecule has 6 heteroatoms. The zero-order chi connectivity index (χ0) is 15.4. The van der Waals surface area contributed by atoms with Gasteiger partial charge < -0.3 is 4.90 Å². The molecule has 0 unspecified atom stereocenters. The second-order valence-electron chi connectivity index (χ2n) is 4.61. The molecule has 1 aromatic carbocycles. The number of hydrogen-bond donors (Lipinski definition) is 0. The average Bonchev–Trinajstić information content (AvgIpc) is 2.90. The van der Waals surface area contributed by atoms with Crippen LogP contribution in [0, 0.1) is 0 Å². The van der Waals surface area contributed by atoms with E-state index in [0.717, 1.165) is 10.6 Å². The van der Waals surface area contributed by atoms with E-state index in [0.29, 0.717) is 10.1 Å². The summed E-state index contributed by atoms with van der Waals surface area (Å²) in [5, 5.41) is -0.559. The SMILES string of the molecule is C[C@H](C(=O)N(C)c1ccccc1)[S@@](=O)Cc1ccc(Cl)s1. The molecule has 0 saturated carbocycles. The third-order valence-electron chi connectivity index (χ3n) is 3.13. The van der Waals surface area contributed by atoms with Crippen molar-refractivity contribution in [2.75, 3.05) is 11.9 Å². The predicted molar refractivity (Wildman–Crippen MR) is 90.5 cm³/mol. The molecule has 0 aliphatic carbocycles. The largest absolute Gasteiger partial charge is 0.314 e. The number of para-hydroxylation sites is 1. The molecule has 0 bridgehead atoms. The zero-order valence-corrected chi connectivity index (χ0v) is 14.2. The maximum atomic E-state index is 12.4. The topological polar surface area (TPSA) is 37.4 Å². The lowest BCUT2D eigenvalue weighted by molar-refractivity contribution is -0.117. The maximum absolute atomic E-state index is 12.4. The lowest BCUT2D eigenvalue weighted by Gasteiger charge is -2.21. The van der Waals surface area contributed by atoms with Gasteiger partial charge in [0, 0.05) is 28.4 Å². The summed E-state index contributed by atoms with van der Waals surface area (Å²) in [7, 11) is 0.435. The lowest BCUT2D eigenvalue weighted by atomic mass is 10.3. The van der Waals surface area contributed by atoms with Crippen LogP contribution in [0.1, 0.15) is 11.8 Å². The Morgan fingerprint density at radius 3 is 2.52 bits per heavy atom. The number of carbonyl (C=O) groups is 1. The molecule has 3 nitrogen and oxygen atoms in total. The van der Waals surface area contributed by atoms with Crippen LogP contribution < -0.4 is 4.90 Å². The zero-order valence-electron chi connectivity index (χ0n) is 11.8. The first kappa shape index (κ1) is 16.2. The second kappa shape index (κ2) is 7.20. The molecule has 0 spiro atoms. The van der Waals surface area contributed by atoms with Crippen LogP contribution in [-0.2, 0) is 21.3 Å². The molecule has 0 saturated heterocycles. The molecule has 1 heterocycles. The van der Waals surface area contributed by atoms with E-state index in [2.05, 4.69) is 0 Å². The van der Waals surface area contributed by atoms with E-state index in [9.17, 15) is 9.00 Å². The van der Waals surface area contributed by atoms with Crippen LogP contribution in [0.3, 0.4) is 0 Å². The molecule has 2 aromatic rings. The number of nitrogens with zero attached hydrogens (tertiary/aromatic N) is 1. The van der Waals surface area contributed by atoms with Crippen molar-refractivity contribution in [3.63, 3.8) is 0 Å². The highest BCUT2D eigenvalue weighted by molar-refractivity contribution is 7.85. The van der Waals surface area contributed by atoms with E-state index in [-0.39, 0.29) is 5.91 Å². The van der Waals surface area contributed by atoms with E-state index in [1.54, 1.807) is 24.9 Å². The van der Waals surface area contributed by atoms with Crippen molar-refractivity contribution in [1.29, 1.82) is 0 Å². The number of hydrogen-bond acceptors (Lipinski definition) is 3. The molecule has 0 aliphatic rings. The van der Waals surface area contributed by atoms with Gasteiger partial charge in [0.1, 0.15) is 5.25 Å². The van der Waals surface area contributed by atoms with Gasteiger partial charge in [-0.05, 0) is 31.2 Å². The maximum Gasteiger partial charge on any atom is 0.242 e. The first-order valence-corrected chi connectivity index (χ1v) is 9.00. The van der Waals surface area contributed by atoms with Gasteiger partial charge in [-0.15, -0.1) is 11.3 Å². The summed E-state index contributed by atoms with van der Waals surface area (Å²) in [4.78, 5) is 14.9. The summed E-state index contributed by atoms with van der Waals surface area (Å²) in [5.74, 6) is 0.203. The molecule has 0 radical (unpaired) electrons. The fraction of sp³-hybridized carbons (Fsp3) is 0.267. The molecular formula is C15H16ClNO2S2. The highest BCUT2D eigenvalue weighted by Crippen LogP contribution is 2.23. The number of anilines is 1. The molecule has 0 fully saturated rings. The van der Waals surface area contributed by atoms with Crippen molar-refractivity contribution in [2.45, 2.75) is 17.9 Å². The fourth-order valence-electron chi connectivity index (χ4n) is 1.86. The van der Waals surface area contributed by atoms with Crippen molar-refractivity contribution < 1.29 is 9.00 Å². The first-order valence-electron chi connectivity index (χ1n) is 6.43. The van der Waals surface area contributed by atoms with Gasteiger partial charge in [0.05, 0.1) is 10.1 Å². The Morgan fingerprint density at radius 2 is 1.95 bits per heavy atom. The Balaban J connectivity index is 2.03. The third kappa shape index (κ3) is 4.15. The average molecular weight is 342 g/mol. The Hall–Kier alpha value is -1.17. The van der Waals surface area contributed by atoms with E-state index in [1.807, 2.05) is 36.4 Å². The molecule has 0 aliphatic heterocycles. The lowest BCUT2D eigenvalue weighted by Crippen LogP contribution is -2.37. The minimum atomic E-state index is -1.27. The first-order chi connectivity index (χ1) is 9.99. The quantitative estimate of drug-likeness (QED) is 0.831. The van der Waals surface area contributed by atoms with Crippen LogP contribution in [0.5, 0.6) is 0 Å². The second-order valence-corrected chi connectivity index (χ2v) is 8.16. The van der Waals surface area contributed by atoms with E-state index >= 15 is 0 Å². The Bertz CT molecular complexity index is 642. The van der Waals surface area contributed by atoms with Crippen LogP contribution in [-0.4, -0.2) is 22.4 Å². The number of halogens is 1. The number of amides is 1. The molecule has 21 heavy (non-hydrogen) atoms. The minimum Gasteiger partial charge on any atom is -0.314 e. The number of thiophene rings is 1. The van der Waals surface area contributed by atoms with Gasteiger partial charge in [-0.2, -0.15) is 0 Å². The minimum absolute atomic E-state index is 0.151. The van der Waals surface area contributed by atoms with Crippen LogP contribution in [0.2, 0.25) is 4.34 Å². The van der Waals surface area contributed by atoms with E-state index in [4.69, 9.17) is 11.6 Å². The van der Waals surface area contributed by atoms with Crippen LogP contribution in [0.4, 0.5) is 5.69 Å². The van der Waals surface area contributed by atoms with Crippen LogP contribution in [0.25, 0.3) is 0 Å². The van der Waals surface area contributed by atoms with Gasteiger partial charge in [0.25, 0.3) is 0 Å². The predicted octanol–water partition coefficient (Wildman–Crippen LogP) is 3.70. The summed E-state index contributed by atoms with van der Waals surface area (Å²) in [6, 6.07) is 13.0. The summed E-state index contributed by atoms with van der Waals surface area (Å²) < 4.78 is 13.0. The monoisotopic (exact) mass is 341 g/mol. The standard InChI is InChI=1S/C15H16ClNO2S2/c1-11(21(19)10-13-8-9-14(16)20-13)15(18)17(2)12-6-4-3-5-7-12/h3-9,11H,10H2,1-2H3/t11-,21+/m1/s1. The van der Waals surface area contributed by atoms with Gasteiger partial charge in [-0.3, -0.25) is 9.00 Å². The third-order valence-corrected chi connectivity index (χ3v) is 6.13. The number of benzene rings is 1.